The lowest BCUT2D eigenvalue weighted by Gasteiger charge is -2.54. The van der Waals surface area contributed by atoms with Gasteiger partial charge in [-0.2, -0.15) is 0 Å². The highest BCUT2D eigenvalue weighted by Gasteiger charge is 2.49. The lowest BCUT2D eigenvalue weighted by molar-refractivity contribution is -0.126. The molecule has 6 nitrogen and oxygen atoms in total. The third-order valence-corrected chi connectivity index (χ3v) is 10.1. The summed E-state index contributed by atoms with van der Waals surface area (Å²) in [7, 11) is 0. The van der Waals surface area contributed by atoms with Crippen LogP contribution in [0, 0.1) is 35.0 Å². The number of nitrogens with zero attached hydrogens (tertiary/aromatic N) is 1. The van der Waals surface area contributed by atoms with Gasteiger partial charge in [0.15, 0.2) is 0 Å². The minimum absolute atomic E-state index is 0.0611. The molecule has 1 heterocycles. The van der Waals surface area contributed by atoms with Crippen LogP contribution in [0.4, 0.5) is 0 Å². The Morgan fingerprint density at radius 3 is 2.33 bits per heavy atom. The Hall–Kier alpha value is -1.50. The highest BCUT2D eigenvalue weighted by molar-refractivity contribution is 7.99. The number of hydrogen-bond donors (Lipinski definition) is 1. The average Bonchev–Trinajstić information content (AvgIpc) is 3.42. The lowest BCUT2D eigenvalue weighted by Crippen LogP contribution is -2.55. The molecule has 0 spiro atoms. The summed E-state index contributed by atoms with van der Waals surface area (Å²) in [6, 6.07) is 0.254. The Balaban J connectivity index is 1.31. The largest absolute Gasteiger partial charge is 0.474 e. The van der Waals surface area contributed by atoms with Crippen molar-refractivity contribution in [2.45, 2.75) is 89.5 Å². The summed E-state index contributed by atoms with van der Waals surface area (Å²) in [5.74, 6) is 5.08. The molecule has 0 unspecified atom stereocenters. The molecular formula is C26H38N2O4S. The van der Waals surface area contributed by atoms with Gasteiger partial charge in [-0.25, -0.2) is 0 Å². The van der Waals surface area contributed by atoms with Crippen molar-refractivity contribution in [1.29, 1.82) is 0 Å². The van der Waals surface area contributed by atoms with Crippen molar-refractivity contribution in [3.8, 4) is 5.88 Å². The number of carbonyl (C=O) groups is 2. The molecule has 5 aliphatic carbocycles. The fourth-order valence-electron chi connectivity index (χ4n) is 6.74. The molecule has 5 aliphatic rings. The number of rotatable bonds is 9. The first-order valence-electron chi connectivity index (χ1n) is 12.9. The molecule has 0 radical (unpaired) electrons. The van der Waals surface area contributed by atoms with Crippen LogP contribution in [0.5, 0.6) is 5.88 Å². The van der Waals surface area contributed by atoms with E-state index >= 15 is 0 Å². The van der Waals surface area contributed by atoms with Gasteiger partial charge in [0.05, 0.1) is 5.41 Å². The van der Waals surface area contributed by atoms with Crippen LogP contribution in [0.1, 0.15) is 89.1 Å². The summed E-state index contributed by atoms with van der Waals surface area (Å²) in [5.41, 5.74) is -0.616. The minimum atomic E-state index is -0.616. The van der Waals surface area contributed by atoms with Crippen LogP contribution in [0.3, 0.4) is 0 Å². The number of Topliss-reactive ketones (excluding diaryl/α,β-unsaturated/α-hetero) is 1. The quantitative estimate of drug-likeness (QED) is 0.476. The fraction of sp³-hybridized carbons (Fsp3) is 0.808. The van der Waals surface area contributed by atoms with E-state index in [0.29, 0.717) is 28.5 Å². The zero-order valence-corrected chi connectivity index (χ0v) is 21.0. The molecule has 0 saturated heterocycles. The van der Waals surface area contributed by atoms with Gasteiger partial charge in [0.2, 0.25) is 5.76 Å². The number of hydrogen-bond acceptors (Lipinski definition) is 6. The molecule has 0 atom stereocenters. The second-order valence-electron chi connectivity index (χ2n) is 11.8. The van der Waals surface area contributed by atoms with Crippen LogP contribution >= 0.6 is 11.8 Å². The number of aromatic nitrogens is 1. The number of carbonyl (C=O) groups excluding carboxylic acids is 2. The second kappa shape index (κ2) is 9.27. The van der Waals surface area contributed by atoms with Gasteiger partial charge >= 0.3 is 0 Å². The molecule has 0 aromatic carbocycles. The predicted octanol–water partition coefficient (Wildman–Crippen LogP) is 5.51. The summed E-state index contributed by atoms with van der Waals surface area (Å²) in [6.45, 7) is 5.51. The van der Waals surface area contributed by atoms with Crippen molar-refractivity contribution >= 4 is 23.5 Å². The van der Waals surface area contributed by atoms with E-state index in [2.05, 4.69) is 10.5 Å². The van der Waals surface area contributed by atoms with E-state index in [4.69, 9.17) is 9.26 Å². The van der Waals surface area contributed by atoms with Crippen molar-refractivity contribution in [2.75, 3.05) is 12.4 Å². The highest BCUT2D eigenvalue weighted by atomic mass is 32.2. The Bertz CT molecular complexity index is 861. The molecule has 7 heteroatoms. The molecule has 1 aromatic heterocycles. The van der Waals surface area contributed by atoms with Gasteiger partial charge in [0, 0.05) is 11.8 Å². The summed E-state index contributed by atoms with van der Waals surface area (Å²) < 4.78 is 11.6. The van der Waals surface area contributed by atoms with Crippen LogP contribution in [-0.2, 0) is 4.79 Å². The van der Waals surface area contributed by atoms with Gasteiger partial charge in [-0.1, -0.05) is 12.8 Å². The van der Waals surface area contributed by atoms with E-state index in [9.17, 15) is 9.59 Å². The molecule has 33 heavy (non-hydrogen) atoms. The predicted molar refractivity (Wildman–Crippen MR) is 127 cm³/mol. The van der Waals surface area contributed by atoms with E-state index in [0.717, 1.165) is 17.6 Å². The Morgan fingerprint density at radius 1 is 1.09 bits per heavy atom. The van der Waals surface area contributed by atoms with Crippen LogP contribution in [0.15, 0.2) is 9.42 Å². The second-order valence-corrected chi connectivity index (χ2v) is 12.8. The molecular weight excluding hydrogens is 436 g/mol. The maximum atomic E-state index is 13.4. The highest BCUT2D eigenvalue weighted by Crippen LogP contribution is 2.53. The number of amides is 1. The van der Waals surface area contributed by atoms with Crippen molar-refractivity contribution in [3.63, 3.8) is 0 Å². The van der Waals surface area contributed by atoms with E-state index in [1.807, 2.05) is 13.8 Å². The number of nitrogens with one attached hydrogen (secondary N) is 1. The van der Waals surface area contributed by atoms with Crippen LogP contribution < -0.4 is 10.1 Å². The van der Waals surface area contributed by atoms with Crippen molar-refractivity contribution in [3.05, 3.63) is 5.76 Å². The van der Waals surface area contributed by atoms with Crippen molar-refractivity contribution in [1.82, 2.24) is 10.5 Å². The van der Waals surface area contributed by atoms with Gasteiger partial charge in [0.25, 0.3) is 11.8 Å². The van der Waals surface area contributed by atoms with E-state index in [1.54, 1.807) is 18.7 Å². The van der Waals surface area contributed by atoms with Gasteiger partial charge < -0.3 is 14.6 Å². The van der Waals surface area contributed by atoms with Gasteiger partial charge in [-0.15, -0.1) is 11.8 Å². The molecule has 1 N–H and O–H groups in total. The normalized spacial score (nSPS) is 31.2. The van der Waals surface area contributed by atoms with Crippen molar-refractivity contribution in [2.24, 2.45) is 35.0 Å². The summed E-state index contributed by atoms with van der Waals surface area (Å²) in [6.07, 6.45) is 11.5. The molecule has 5 fully saturated rings. The van der Waals surface area contributed by atoms with Crippen LogP contribution in [-0.4, -0.2) is 35.2 Å². The molecule has 5 saturated carbocycles. The maximum absolute atomic E-state index is 13.4. The van der Waals surface area contributed by atoms with Crippen molar-refractivity contribution < 1.29 is 18.8 Å². The van der Waals surface area contributed by atoms with E-state index in [1.165, 1.54) is 57.8 Å². The first-order chi connectivity index (χ1) is 15.8. The summed E-state index contributed by atoms with van der Waals surface area (Å²) >= 11 is 1.63. The maximum Gasteiger partial charge on any atom is 0.291 e. The summed E-state index contributed by atoms with van der Waals surface area (Å²) in [5, 5.41) is 7.49. The first-order valence-corrected chi connectivity index (χ1v) is 13.9. The topological polar surface area (TPSA) is 81.4 Å². The van der Waals surface area contributed by atoms with Crippen LogP contribution in [0.25, 0.3) is 0 Å². The zero-order chi connectivity index (χ0) is 23.2. The summed E-state index contributed by atoms with van der Waals surface area (Å²) in [4.78, 5) is 26.0. The molecule has 1 amide bonds. The third-order valence-electron chi connectivity index (χ3n) is 8.81. The number of ketones is 1. The Labute approximate surface area is 201 Å². The van der Waals surface area contributed by atoms with Gasteiger partial charge in [-0.3, -0.25) is 9.59 Å². The number of ether oxygens (including phenoxy) is 1. The third kappa shape index (κ3) is 4.85. The molecule has 6 rings (SSSR count). The first kappa shape index (κ1) is 23.3. The zero-order valence-electron chi connectivity index (χ0n) is 20.2. The molecule has 182 valence electrons. The van der Waals surface area contributed by atoms with Gasteiger partial charge in [-0.05, 0) is 100 Å². The van der Waals surface area contributed by atoms with Gasteiger partial charge in [0.1, 0.15) is 17.3 Å². The lowest BCUT2D eigenvalue weighted by atomic mass is 9.54. The van der Waals surface area contributed by atoms with E-state index in [-0.39, 0.29) is 30.1 Å². The SMILES string of the molecule is CC(=O)C(C)(C)COc1noc(C(=O)NC2C3CC4CC(C3)CC2C4)c1SCC1CCCC1. The van der Waals surface area contributed by atoms with Crippen LogP contribution in [0.2, 0.25) is 0 Å². The van der Waals surface area contributed by atoms with E-state index < -0.39 is 5.41 Å². The Kier molecular flexibility index (Phi) is 6.53. The number of thioether (sulfide) groups is 1. The Morgan fingerprint density at radius 2 is 1.73 bits per heavy atom. The fourth-order valence-corrected chi connectivity index (χ4v) is 7.95. The average molecular weight is 475 g/mol. The standard InChI is InChI=1S/C26H38N2O4S/c1-15(29)26(2,3)14-31-25-23(33-13-16-6-4-5-7-16)22(32-28-25)24(30)27-21-19-9-17-8-18(11-19)12-20(21)10-17/h16-21H,4-14H2,1-3H3,(H,27,30). The minimum Gasteiger partial charge on any atom is -0.474 e. The molecule has 0 aliphatic heterocycles. The smallest absolute Gasteiger partial charge is 0.291 e. The monoisotopic (exact) mass is 474 g/mol. The molecule has 4 bridgehead atoms. The molecule has 1 aromatic rings.